The predicted molar refractivity (Wildman–Crippen MR) is 79.1 cm³/mol. The van der Waals surface area contributed by atoms with E-state index >= 15 is 0 Å². The molecule has 0 atom stereocenters. The molecular weight excluding hydrogens is 323 g/mol. The van der Waals surface area contributed by atoms with Crippen LogP contribution in [0.4, 0.5) is 10.1 Å². The van der Waals surface area contributed by atoms with Gasteiger partial charge < -0.3 is 10.1 Å². The molecule has 0 spiro atoms. The van der Waals surface area contributed by atoms with Crippen LogP contribution in [0.5, 0.6) is 5.75 Å². The van der Waals surface area contributed by atoms with Crippen LogP contribution in [0.3, 0.4) is 0 Å². The van der Waals surface area contributed by atoms with Crippen LogP contribution in [0.15, 0.2) is 40.9 Å². The summed E-state index contributed by atoms with van der Waals surface area (Å²) >= 11 is 3.38. The maximum atomic E-state index is 13.2. The quantitative estimate of drug-likeness (QED) is 0.916. The number of nitriles is 1. The number of benzene rings is 2. The Balaban J connectivity index is 2.23. The Morgan fingerprint density at radius 2 is 2.10 bits per heavy atom. The number of ether oxygens (including phenoxy) is 1. The highest BCUT2D eigenvalue weighted by Gasteiger charge is 2.07. The summed E-state index contributed by atoms with van der Waals surface area (Å²) in [5, 5.41) is 12.2. The Morgan fingerprint density at radius 1 is 1.30 bits per heavy atom. The zero-order chi connectivity index (χ0) is 14.5. The van der Waals surface area contributed by atoms with Gasteiger partial charge in [0, 0.05) is 11.0 Å². The van der Waals surface area contributed by atoms with Gasteiger partial charge in [-0.05, 0) is 42.0 Å². The van der Waals surface area contributed by atoms with Gasteiger partial charge in [0.25, 0.3) is 0 Å². The number of hydrogen-bond acceptors (Lipinski definition) is 3. The number of hydrogen-bond donors (Lipinski definition) is 1. The number of rotatable bonds is 4. The van der Waals surface area contributed by atoms with Crippen LogP contribution >= 0.6 is 15.9 Å². The van der Waals surface area contributed by atoms with Gasteiger partial charge in [-0.1, -0.05) is 15.9 Å². The van der Waals surface area contributed by atoms with E-state index in [-0.39, 0.29) is 5.82 Å². The molecule has 0 amide bonds. The zero-order valence-electron chi connectivity index (χ0n) is 10.8. The molecule has 0 saturated heterocycles. The topological polar surface area (TPSA) is 45.0 Å². The van der Waals surface area contributed by atoms with Crippen LogP contribution in [-0.4, -0.2) is 7.11 Å². The molecule has 0 heterocycles. The monoisotopic (exact) mass is 334 g/mol. The van der Waals surface area contributed by atoms with Crippen molar-refractivity contribution < 1.29 is 9.13 Å². The number of nitrogens with zero attached hydrogens (tertiary/aromatic N) is 1. The van der Waals surface area contributed by atoms with Crippen LogP contribution in [0.25, 0.3) is 0 Å². The number of nitrogens with one attached hydrogen (secondary N) is 1. The first-order valence-electron chi connectivity index (χ1n) is 5.90. The van der Waals surface area contributed by atoms with E-state index in [2.05, 4.69) is 27.3 Å². The van der Waals surface area contributed by atoms with Gasteiger partial charge >= 0.3 is 0 Å². The Bertz CT molecular complexity index is 667. The smallest absolute Gasteiger partial charge is 0.142 e. The second-order valence-corrected chi connectivity index (χ2v) is 5.03. The first-order valence-corrected chi connectivity index (χ1v) is 6.69. The van der Waals surface area contributed by atoms with Gasteiger partial charge in [0.15, 0.2) is 0 Å². The Hall–Kier alpha value is -2.06. The predicted octanol–water partition coefficient (Wildman–Crippen LogP) is 4.08. The average molecular weight is 335 g/mol. The zero-order valence-corrected chi connectivity index (χ0v) is 12.4. The lowest BCUT2D eigenvalue weighted by Gasteiger charge is -2.12. The van der Waals surface area contributed by atoms with Crippen molar-refractivity contribution in [2.24, 2.45) is 0 Å². The molecule has 2 rings (SSSR count). The lowest BCUT2D eigenvalue weighted by atomic mass is 10.1. The van der Waals surface area contributed by atoms with Crippen LogP contribution < -0.4 is 10.1 Å². The van der Waals surface area contributed by atoms with E-state index < -0.39 is 0 Å². The Labute approximate surface area is 125 Å². The third-order valence-corrected chi connectivity index (χ3v) is 3.31. The molecule has 20 heavy (non-hydrogen) atoms. The lowest BCUT2D eigenvalue weighted by Crippen LogP contribution is -2.03. The Morgan fingerprint density at radius 3 is 2.80 bits per heavy atom. The van der Waals surface area contributed by atoms with Gasteiger partial charge in [0.05, 0.1) is 24.4 Å². The third-order valence-electron chi connectivity index (χ3n) is 2.82. The summed E-state index contributed by atoms with van der Waals surface area (Å²) in [5.74, 6) is 0.324. The van der Waals surface area contributed by atoms with Gasteiger partial charge in [-0.15, -0.1) is 0 Å². The van der Waals surface area contributed by atoms with E-state index in [9.17, 15) is 4.39 Å². The molecule has 2 aromatic rings. The highest BCUT2D eigenvalue weighted by atomic mass is 79.9. The van der Waals surface area contributed by atoms with Gasteiger partial charge in [0.1, 0.15) is 11.6 Å². The van der Waals surface area contributed by atoms with Crippen LogP contribution in [-0.2, 0) is 6.54 Å². The molecule has 102 valence electrons. The fraction of sp³-hybridized carbons (Fsp3) is 0.133. The molecule has 1 N–H and O–H groups in total. The maximum absolute atomic E-state index is 13.2. The number of anilines is 1. The molecule has 0 aliphatic carbocycles. The fourth-order valence-electron chi connectivity index (χ4n) is 1.83. The lowest BCUT2D eigenvalue weighted by molar-refractivity contribution is 0.416. The molecule has 0 aliphatic heterocycles. The first kappa shape index (κ1) is 14.4. The van der Waals surface area contributed by atoms with Gasteiger partial charge in [-0.25, -0.2) is 4.39 Å². The summed E-state index contributed by atoms with van der Waals surface area (Å²) in [5.41, 5.74) is 1.83. The molecule has 0 radical (unpaired) electrons. The minimum Gasteiger partial charge on any atom is -0.495 e. The fourth-order valence-corrected chi connectivity index (χ4v) is 2.19. The minimum atomic E-state index is -0.359. The molecular formula is C15H12BrFN2O. The van der Waals surface area contributed by atoms with Gasteiger partial charge in [-0.3, -0.25) is 0 Å². The van der Waals surface area contributed by atoms with Crippen LogP contribution in [0.1, 0.15) is 11.1 Å². The van der Waals surface area contributed by atoms with Crippen molar-refractivity contribution in [1.29, 1.82) is 5.26 Å². The van der Waals surface area contributed by atoms with Crippen molar-refractivity contribution in [3.8, 4) is 11.8 Å². The molecule has 0 saturated carbocycles. The molecule has 3 nitrogen and oxygen atoms in total. The second-order valence-electron chi connectivity index (χ2n) is 4.11. The Kier molecular flexibility index (Phi) is 4.59. The van der Waals surface area contributed by atoms with Crippen molar-refractivity contribution in [3.63, 3.8) is 0 Å². The normalized spacial score (nSPS) is 9.90. The largest absolute Gasteiger partial charge is 0.495 e. The summed E-state index contributed by atoms with van der Waals surface area (Å²) in [6.45, 7) is 0.341. The summed E-state index contributed by atoms with van der Waals surface area (Å²) in [6.07, 6.45) is 0. The summed E-state index contributed by atoms with van der Waals surface area (Å²) in [6, 6.07) is 11.7. The molecule has 0 aliphatic rings. The van der Waals surface area contributed by atoms with E-state index in [4.69, 9.17) is 10.00 Å². The van der Waals surface area contributed by atoms with Crippen molar-refractivity contribution in [2.75, 3.05) is 12.4 Å². The number of methoxy groups -OCH3 is 1. The van der Waals surface area contributed by atoms with Crippen molar-refractivity contribution in [3.05, 3.63) is 57.8 Å². The van der Waals surface area contributed by atoms with Crippen molar-refractivity contribution >= 4 is 21.6 Å². The SMILES string of the molecule is COc1ccc(Br)cc1NCc1cc(F)ccc1C#N. The van der Waals surface area contributed by atoms with Gasteiger partial charge in [-0.2, -0.15) is 5.26 Å². The molecule has 0 unspecified atom stereocenters. The molecule has 0 aromatic heterocycles. The minimum absolute atomic E-state index is 0.341. The summed E-state index contributed by atoms with van der Waals surface area (Å²) < 4.78 is 19.4. The van der Waals surface area contributed by atoms with Crippen molar-refractivity contribution in [2.45, 2.75) is 6.54 Å². The average Bonchev–Trinajstić information content (AvgIpc) is 2.45. The van der Waals surface area contributed by atoms with Crippen LogP contribution in [0, 0.1) is 17.1 Å². The van der Waals surface area contributed by atoms with E-state index in [1.54, 1.807) is 7.11 Å². The van der Waals surface area contributed by atoms with E-state index in [0.29, 0.717) is 23.4 Å². The highest BCUT2D eigenvalue weighted by molar-refractivity contribution is 9.10. The maximum Gasteiger partial charge on any atom is 0.142 e. The highest BCUT2D eigenvalue weighted by Crippen LogP contribution is 2.28. The van der Waals surface area contributed by atoms with Gasteiger partial charge in [0.2, 0.25) is 0 Å². The second kappa shape index (κ2) is 6.40. The van der Waals surface area contributed by atoms with E-state index in [0.717, 1.165) is 10.2 Å². The summed E-state index contributed by atoms with van der Waals surface area (Å²) in [7, 11) is 1.58. The summed E-state index contributed by atoms with van der Waals surface area (Å²) in [4.78, 5) is 0. The van der Waals surface area contributed by atoms with E-state index in [1.807, 2.05) is 18.2 Å². The van der Waals surface area contributed by atoms with Crippen molar-refractivity contribution in [1.82, 2.24) is 0 Å². The third kappa shape index (κ3) is 3.28. The van der Waals surface area contributed by atoms with E-state index in [1.165, 1.54) is 18.2 Å². The number of halogens is 2. The van der Waals surface area contributed by atoms with Crippen LogP contribution in [0.2, 0.25) is 0 Å². The molecule has 0 bridgehead atoms. The molecule has 0 fully saturated rings. The molecule has 5 heteroatoms. The standard InChI is InChI=1S/C15H12BrFN2O/c1-20-15-5-3-12(16)7-14(15)19-9-11-6-13(17)4-2-10(11)8-18/h2-7,19H,9H2,1H3. The first-order chi connectivity index (χ1) is 9.63. The molecule has 2 aromatic carbocycles.